The zero-order chi connectivity index (χ0) is 31.3. The summed E-state index contributed by atoms with van der Waals surface area (Å²) in [6, 6.07) is 13.0. The van der Waals surface area contributed by atoms with Crippen molar-refractivity contribution < 1.29 is 14.4 Å². The average molecular weight is 595 g/mol. The van der Waals surface area contributed by atoms with Crippen molar-refractivity contribution in [2.24, 2.45) is 17.4 Å². The number of hydrogen-bond acceptors (Lipinski definition) is 7. The van der Waals surface area contributed by atoms with Gasteiger partial charge in [0, 0.05) is 29.1 Å². The molecule has 2 aromatic carbocycles. The number of nitrogens with zero attached hydrogens (tertiary/aromatic N) is 4. The lowest BCUT2D eigenvalue weighted by Gasteiger charge is -2.37. The number of hydrogen-bond donors (Lipinski definition) is 4. The largest absolute Gasteiger partial charge is 0.366 e. The molecule has 0 radical (unpaired) electrons. The van der Waals surface area contributed by atoms with Crippen LogP contribution in [0.15, 0.2) is 36.4 Å². The zero-order valence-electron chi connectivity index (χ0n) is 25.3. The van der Waals surface area contributed by atoms with Gasteiger partial charge in [0.2, 0.25) is 17.7 Å². The molecule has 4 atom stereocenters. The van der Waals surface area contributed by atoms with Gasteiger partial charge >= 0.3 is 0 Å². The van der Waals surface area contributed by atoms with Gasteiger partial charge in [-0.3, -0.25) is 14.4 Å². The third kappa shape index (κ3) is 5.03. The maximum absolute atomic E-state index is 13.3. The molecule has 6 N–H and O–H groups in total. The van der Waals surface area contributed by atoms with Gasteiger partial charge in [0.1, 0.15) is 17.7 Å². The van der Waals surface area contributed by atoms with Crippen LogP contribution in [0.1, 0.15) is 101 Å². The van der Waals surface area contributed by atoms with E-state index in [1.165, 1.54) is 0 Å². The van der Waals surface area contributed by atoms with Gasteiger partial charge in [-0.05, 0) is 91.5 Å². The number of piperidine rings is 1. The molecule has 2 fully saturated rings. The van der Waals surface area contributed by atoms with Crippen molar-refractivity contribution >= 4 is 17.7 Å². The Morgan fingerprint density at radius 2 is 1.64 bits per heavy atom. The van der Waals surface area contributed by atoms with Crippen LogP contribution in [0.3, 0.4) is 0 Å². The Balaban J connectivity index is 1.45. The predicted molar refractivity (Wildman–Crippen MR) is 163 cm³/mol. The number of aromatic nitrogens is 3. The summed E-state index contributed by atoms with van der Waals surface area (Å²) in [5.74, 6) is 0.822. The van der Waals surface area contributed by atoms with E-state index in [2.05, 4.69) is 21.5 Å². The highest BCUT2D eigenvalue weighted by Gasteiger charge is 2.54. The number of carbonyl (C=O) groups excluding carboxylic acids is 3. The van der Waals surface area contributed by atoms with Crippen LogP contribution in [0, 0.1) is 17.2 Å². The van der Waals surface area contributed by atoms with Gasteiger partial charge in [-0.25, -0.2) is 0 Å². The van der Waals surface area contributed by atoms with E-state index in [0.717, 1.165) is 40.9 Å². The number of nitriles is 1. The van der Waals surface area contributed by atoms with Gasteiger partial charge in [-0.2, -0.15) is 5.26 Å². The summed E-state index contributed by atoms with van der Waals surface area (Å²) >= 11 is 0. The van der Waals surface area contributed by atoms with Crippen LogP contribution in [0.5, 0.6) is 0 Å². The molecule has 11 nitrogen and oxygen atoms in total. The number of carbonyl (C=O) groups is 3. The first-order valence-corrected chi connectivity index (χ1v) is 15.3. The van der Waals surface area contributed by atoms with Gasteiger partial charge in [0.05, 0.1) is 18.0 Å². The van der Waals surface area contributed by atoms with Crippen LogP contribution in [-0.2, 0) is 23.1 Å². The van der Waals surface area contributed by atoms with E-state index in [1.807, 2.05) is 45.0 Å². The number of likely N-dealkylation sites (tertiary alicyclic amines) is 1. The number of nitrogens with one attached hydrogen (secondary N) is 2. The van der Waals surface area contributed by atoms with Crippen LogP contribution in [0.25, 0.3) is 0 Å². The van der Waals surface area contributed by atoms with Gasteiger partial charge in [0.25, 0.3) is 0 Å². The Bertz CT molecular complexity index is 1620. The molecule has 3 aromatic rings. The second-order valence-electron chi connectivity index (χ2n) is 12.8. The van der Waals surface area contributed by atoms with Gasteiger partial charge in [-0.15, -0.1) is 10.2 Å². The first-order valence-electron chi connectivity index (χ1n) is 15.3. The predicted octanol–water partition coefficient (Wildman–Crippen LogP) is 2.44. The third-order valence-electron chi connectivity index (χ3n) is 9.57. The Morgan fingerprint density at radius 3 is 2.16 bits per heavy atom. The molecule has 1 aromatic heterocycles. The average Bonchev–Trinajstić information content (AvgIpc) is 3.42. The lowest BCUT2D eigenvalue weighted by molar-refractivity contribution is -0.131. The lowest BCUT2D eigenvalue weighted by atomic mass is 9.67. The van der Waals surface area contributed by atoms with Crippen molar-refractivity contribution in [3.63, 3.8) is 0 Å². The van der Waals surface area contributed by atoms with E-state index in [1.54, 1.807) is 17.0 Å². The standard InChI is InChI=1S/C33H38N8O3/c1-17(2)31-38-32(40-39-31)33(14-18(3)37-16-28(42)41-24(15-34)12-23-13-27(23)41)25-8-6-21(29(35)43)10-19(25)4-5-20-11-22(30(36)44)7-9-26(20)33/h6-11,17-18,23-24,27,37H,4-5,12-14,16H2,1-3H3,(H2,35,43)(H2,36,44)(H,38,39,40)/t18-,23-,24?,27+/m1/s1. The molecule has 11 heteroatoms. The van der Waals surface area contributed by atoms with Crippen LogP contribution in [0.4, 0.5) is 0 Å². The number of primary amides is 2. The maximum Gasteiger partial charge on any atom is 0.248 e. The fourth-order valence-corrected chi connectivity index (χ4v) is 7.27. The molecule has 1 saturated carbocycles. The number of aryl methyl sites for hydroxylation is 2. The molecule has 1 aliphatic heterocycles. The summed E-state index contributed by atoms with van der Waals surface area (Å²) in [6.45, 7) is 6.21. The van der Waals surface area contributed by atoms with E-state index >= 15 is 0 Å². The normalized spacial score (nSPS) is 21.9. The maximum atomic E-state index is 13.3. The second-order valence-corrected chi connectivity index (χ2v) is 12.8. The summed E-state index contributed by atoms with van der Waals surface area (Å²) in [4.78, 5) is 43.0. The molecule has 0 bridgehead atoms. The number of nitrogens with two attached hydrogens (primary N) is 2. The molecule has 6 rings (SSSR count). The van der Waals surface area contributed by atoms with Crippen LogP contribution in [-0.4, -0.2) is 62.5 Å². The quantitative estimate of drug-likeness (QED) is 0.293. The van der Waals surface area contributed by atoms with Crippen LogP contribution < -0.4 is 16.8 Å². The van der Waals surface area contributed by atoms with Crippen molar-refractivity contribution in [1.29, 1.82) is 5.26 Å². The van der Waals surface area contributed by atoms with E-state index in [-0.39, 0.29) is 36.5 Å². The first-order chi connectivity index (χ1) is 21.0. The highest BCUT2D eigenvalue weighted by atomic mass is 16.2. The van der Waals surface area contributed by atoms with Gasteiger partial charge in [0.15, 0.2) is 0 Å². The molecule has 1 saturated heterocycles. The topological polar surface area (TPSA) is 184 Å². The molecule has 0 spiro atoms. The van der Waals surface area contributed by atoms with Crippen molar-refractivity contribution in [3.05, 3.63) is 81.4 Å². The van der Waals surface area contributed by atoms with Crippen molar-refractivity contribution in [3.8, 4) is 6.07 Å². The number of H-pyrrole nitrogens is 1. The minimum Gasteiger partial charge on any atom is -0.366 e. The molecular weight excluding hydrogens is 556 g/mol. The van der Waals surface area contributed by atoms with Crippen molar-refractivity contribution in [2.45, 2.75) is 82.3 Å². The van der Waals surface area contributed by atoms with Gasteiger partial charge < -0.3 is 26.7 Å². The lowest BCUT2D eigenvalue weighted by Crippen LogP contribution is -2.46. The monoisotopic (exact) mass is 594 g/mol. The fourth-order valence-electron chi connectivity index (χ4n) is 7.27. The molecule has 44 heavy (non-hydrogen) atoms. The van der Waals surface area contributed by atoms with Crippen molar-refractivity contribution in [2.75, 3.05) is 6.54 Å². The van der Waals surface area contributed by atoms with Gasteiger partial charge in [-0.1, -0.05) is 26.0 Å². The van der Waals surface area contributed by atoms with E-state index < -0.39 is 17.2 Å². The highest BCUT2D eigenvalue weighted by Crippen LogP contribution is 2.48. The summed E-state index contributed by atoms with van der Waals surface area (Å²) in [5, 5.41) is 22.3. The Hall–Kier alpha value is -4.56. The summed E-state index contributed by atoms with van der Waals surface area (Å²) in [6.07, 6.45) is 3.41. The van der Waals surface area contributed by atoms with E-state index in [0.29, 0.717) is 42.1 Å². The molecule has 2 heterocycles. The second kappa shape index (κ2) is 11.2. The third-order valence-corrected chi connectivity index (χ3v) is 9.57. The number of rotatable bonds is 9. The molecule has 3 aliphatic rings. The summed E-state index contributed by atoms with van der Waals surface area (Å²) in [7, 11) is 0. The fraction of sp³-hybridized carbons (Fsp3) is 0.455. The number of aromatic amines is 1. The molecule has 3 amide bonds. The minimum absolute atomic E-state index is 0.0666. The van der Waals surface area contributed by atoms with E-state index in [9.17, 15) is 19.6 Å². The highest BCUT2D eigenvalue weighted by molar-refractivity contribution is 5.94. The first kappa shape index (κ1) is 29.5. The number of amides is 3. The molecule has 2 aliphatic carbocycles. The van der Waals surface area contributed by atoms with E-state index in [4.69, 9.17) is 16.6 Å². The Morgan fingerprint density at radius 1 is 1.02 bits per heavy atom. The Kier molecular flexibility index (Phi) is 7.49. The summed E-state index contributed by atoms with van der Waals surface area (Å²) in [5.41, 5.74) is 15.1. The smallest absolute Gasteiger partial charge is 0.248 e. The molecule has 228 valence electrons. The zero-order valence-corrected chi connectivity index (χ0v) is 25.3. The van der Waals surface area contributed by atoms with Crippen LogP contribution in [0.2, 0.25) is 0 Å². The minimum atomic E-state index is -0.881. The molecular formula is C33H38N8O3. The van der Waals surface area contributed by atoms with Crippen molar-refractivity contribution in [1.82, 2.24) is 25.4 Å². The Labute approximate surface area is 256 Å². The summed E-state index contributed by atoms with van der Waals surface area (Å²) < 4.78 is 0. The molecule has 1 unspecified atom stereocenters. The SMILES string of the molecule is CC(C)c1nnc(C2(C[C@@H](C)NCC(=O)N3C(C#N)C[C@@H]4C[C@@H]43)c3ccc(C(N)=O)cc3CCc3cc(C(N)=O)ccc32)[nH]1. The number of benzene rings is 2. The van der Waals surface area contributed by atoms with Crippen LogP contribution >= 0.6 is 0 Å². The number of fused-ring (bicyclic) bond motifs is 3.